The van der Waals surface area contributed by atoms with Crippen LogP contribution in [0.25, 0.3) is 5.65 Å². The van der Waals surface area contributed by atoms with Gasteiger partial charge >= 0.3 is 0 Å². The van der Waals surface area contributed by atoms with Gasteiger partial charge in [-0.1, -0.05) is 6.07 Å². The van der Waals surface area contributed by atoms with Gasteiger partial charge in [0, 0.05) is 18.7 Å². The second kappa shape index (κ2) is 5.54. The first-order chi connectivity index (χ1) is 10.1. The molecule has 3 aromatic rings. The summed E-state index contributed by atoms with van der Waals surface area (Å²) < 4.78 is 20.7. The molecule has 2 N–H and O–H groups in total. The molecule has 108 valence electrons. The molecule has 0 saturated heterocycles. The Morgan fingerprint density at radius 1 is 1.24 bits per heavy atom. The molecule has 4 nitrogen and oxygen atoms in total. The zero-order chi connectivity index (χ0) is 14.8. The van der Waals surface area contributed by atoms with Crippen LogP contribution in [0.4, 0.5) is 4.39 Å². The molecule has 0 amide bonds. The van der Waals surface area contributed by atoms with Crippen molar-refractivity contribution in [2.45, 2.75) is 19.4 Å². The number of ether oxygens (including phenoxy) is 1. The Morgan fingerprint density at radius 2 is 2.00 bits per heavy atom. The van der Waals surface area contributed by atoms with Crippen LogP contribution in [0.3, 0.4) is 0 Å². The summed E-state index contributed by atoms with van der Waals surface area (Å²) in [5.74, 6) is 0.754. The topological polar surface area (TPSA) is 52.5 Å². The van der Waals surface area contributed by atoms with Gasteiger partial charge in [-0.25, -0.2) is 4.39 Å². The van der Waals surface area contributed by atoms with Gasteiger partial charge in [-0.05, 0) is 43.3 Å². The van der Waals surface area contributed by atoms with Gasteiger partial charge in [0.2, 0.25) is 5.88 Å². The van der Waals surface area contributed by atoms with E-state index in [0.29, 0.717) is 18.1 Å². The molecule has 0 bridgehead atoms. The summed E-state index contributed by atoms with van der Waals surface area (Å²) in [7, 11) is 0. The van der Waals surface area contributed by atoms with Crippen molar-refractivity contribution in [3.8, 4) is 11.6 Å². The molecule has 0 radical (unpaired) electrons. The fraction of sp³-hybridized carbons (Fsp3) is 0.188. The molecule has 3 rings (SSSR count). The molecule has 0 fully saturated rings. The lowest BCUT2D eigenvalue weighted by molar-refractivity contribution is 0.455. The Balaban J connectivity index is 2.02. The summed E-state index contributed by atoms with van der Waals surface area (Å²) in [5, 5.41) is 0. The number of nitrogens with zero attached hydrogens (tertiary/aromatic N) is 2. The summed E-state index contributed by atoms with van der Waals surface area (Å²) in [6.07, 6.45) is 2.57. The Labute approximate surface area is 122 Å². The smallest absolute Gasteiger partial charge is 0.241 e. The van der Waals surface area contributed by atoms with Gasteiger partial charge in [0.05, 0.1) is 5.69 Å². The van der Waals surface area contributed by atoms with Crippen LogP contribution >= 0.6 is 0 Å². The lowest BCUT2D eigenvalue weighted by Gasteiger charge is -2.08. The quantitative estimate of drug-likeness (QED) is 0.801. The highest BCUT2D eigenvalue weighted by molar-refractivity contribution is 5.47. The van der Waals surface area contributed by atoms with Gasteiger partial charge in [-0.15, -0.1) is 0 Å². The Bertz CT molecular complexity index is 750. The largest absolute Gasteiger partial charge is 0.437 e. The number of pyridine rings is 1. The maximum atomic E-state index is 13.0. The number of hydrogen-bond donors (Lipinski definition) is 1. The van der Waals surface area contributed by atoms with E-state index in [1.54, 1.807) is 12.1 Å². The number of imidazole rings is 1. The van der Waals surface area contributed by atoms with Gasteiger partial charge < -0.3 is 14.9 Å². The number of benzene rings is 1. The van der Waals surface area contributed by atoms with E-state index in [0.717, 1.165) is 11.3 Å². The Hall–Kier alpha value is -2.40. The molecule has 21 heavy (non-hydrogen) atoms. The van der Waals surface area contributed by atoms with Crippen molar-refractivity contribution in [2.24, 2.45) is 5.73 Å². The monoisotopic (exact) mass is 285 g/mol. The predicted octanol–water partition coefficient (Wildman–Crippen LogP) is 3.16. The van der Waals surface area contributed by atoms with Crippen molar-refractivity contribution in [3.05, 3.63) is 60.2 Å². The number of halogens is 1. The maximum absolute atomic E-state index is 13.0. The van der Waals surface area contributed by atoms with Crippen LogP contribution in [-0.4, -0.2) is 15.4 Å². The molecule has 2 heterocycles. The molecular formula is C16H16FN3O. The van der Waals surface area contributed by atoms with E-state index >= 15 is 0 Å². The average Bonchev–Trinajstić information content (AvgIpc) is 2.79. The number of fused-ring (bicyclic) bond motifs is 1. The van der Waals surface area contributed by atoms with Crippen LogP contribution in [-0.2, 0) is 6.42 Å². The molecule has 2 aromatic heterocycles. The third-order valence-electron chi connectivity index (χ3n) is 3.14. The first-order valence-electron chi connectivity index (χ1n) is 6.78. The third kappa shape index (κ3) is 2.87. The van der Waals surface area contributed by atoms with Crippen molar-refractivity contribution in [3.63, 3.8) is 0 Å². The number of hydrogen-bond acceptors (Lipinski definition) is 3. The Morgan fingerprint density at radius 3 is 2.71 bits per heavy atom. The first kappa shape index (κ1) is 13.6. The number of aromatic nitrogens is 2. The highest BCUT2D eigenvalue weighted by Crippen LogP contribution is 2.26. The van der Waals surface area contributed by atoms with Crippen LogP contribution in [0.1, 0.15) is 12.6 Å². The Kier molecular flexibility index (Phi) is 3.58. The normalized spacial score (nSPS) is 12.5. The van der Waals surface area contributed by atoms with Gasteiger partial charge in [-0.2, -0.15) is 4.98 Å². The molecule has 0 spiro atoms. The minimum Gasteiger partial charge on any atom is -0.437 e. The van der Waals surface area contributed by atoms with E-state index in [-0.39, 0.29) is 11.9 Å². The molecule has 0 aliphatic carbocycles. The molecule has 0 aliphatic rings. The van der Waals surface area contributed by atoms with E-state index in [2.05, 4.69) is 4.98 Å². The minimum absolute atomic E-state index is 0.0133. The molecule has 1 unspecified atom stereocenters. The minimum atomic E-state index is -0.298. The summed E-state index contributed by atoms with van der Waals surface area (Å²) in [6, 6.07) is 11.6. The standard InChI is InChI=1S/C16H16FN3O/c1-11(18)10-14-16(19-15-4-2-3-9-20(14)15)21-13-7-5-12(17)6-8-13/h2-9,11H,10,18H2,1H3. The molecule has 1 atom stereocenters. The fourth-order valence-electron chi connectivity index (χ4n) is 2.21. The SMILES string of the molecule is CC(N)Cc1c(Oc2ccc(F)cc2)nc2ccccn12. The van der Waals surface area contributed by atoms with Crippen LogP contribution in [0.15, 0.2) is 48.7 Å². The zero-order valence-corrected chi connectivity index (χ0v) is 11.7. The lowest BCUT2D eigenvalue weighted by atomic mass is 10.2. The second-order valence-corrected chi connectivity index (χ2v) is 5.03. The van der Waals surface area contributed by atoms with Gasteiger partial charge in [0.1, 0.15) is 17.2 Å². The first-order valence-corrected chi connectivity index (χ1v) is 6.78. The third-order valence-corrected chi connectivity index (χ3v) is 3.14. The number of nitrogens with two attached hydrogens (primary N) is 1. The highest BCUT2D eigenvalue weighted by atomic mass is 19.1. The molecule has 0 aliphatic heterocycles. The lowest BCUT2D eigenvalue weighted by Crippen LogP contribution is -2.19. The van der Waals surface area contributed by atoms with Crippen LogP contribution in [0.2, 0.25) is 0 Å². The van der Waals surface area contributed by atoms with Crippen molar-refractivity contribution < 1.29 is 9.13 Å². The number of rotatable bonds is 4. The maximum Gasteiger partial charge on any atom is 0.241 e. The van der Waals surface area contributed by atoms with Gasteiger partial charge in [-0.3, -0.25) is 0 Å². The molecular weight excluding hydrogens is 269 g/mol. The van der Waals surface area contributed by atoms with E-state index in [1.165, 1.54) is 12.1 Å². The summed E-state index contributed by atoms with van der Waals surface area (Å²) in [4.78, 5) is 4.47. The predicted molar refractivity (Wildman–Crippen MR) is 79.0 cm³/mol. The van der Waals surface area contributed by atoms with E-state index in [9.17, 15) is 4.39 Å². The molecule has 1 aromatic carbocycles. The summed E-state index contributed by atoms with van der Waals surface area (Å²) in [6.45, 7) is 1.93. The zero-order valence-electron chi connectivity index (χ0n) is 11.7. The van der Waals surface area contributed by atoms with E-state index in [1.807, 2.05) is 35.7 Å². The van der Waals surface area contributed by atoms with Crippen molar-refractivity contribution in [1.82, 2.24) is 9.38 Å². The van der Waals surface area contributed by atoms with Crippen molar-refractivity contribution in [1.29, 1.82) is 0 Å². The average molecular weight is 285 g/mol. The van der Waals surface area contributed by atoms with Crippen molar-refractivity contribution >= 4 is 5.65 Å². The second-order valence-electron chi connectivity index (χ2n) is 5.03. The van der Waals surface area contributed by atoms with Gasteiger partial charge in [0.15, 0.2) is 0 Å². The van der Waals surface area contributed by atoms with Crippen molar-refractivity contribution in [2.75, 3.05) is 0 Å². The van der Waals surface area contributed by atoms with Crippen LogP contribution in [0, 0.1) is 5.82 Å². The fourth-order valence-corrected chi connectivity index (χ4v) is 2.21. The summed E-state index contributed by atoms with van der Waals surface area (Å²) in [5.41, 5.74) is 7.61. The van der Waals surface area contributed by atoms with Gasteiger partial charge in [0.25, 0.3) is 0 Å². The van der Waals surface area contributed by atoms with E-state index in [4.69, 9.17) is 10.5 Å². The summed E-state index contributed by atoms with van der Waals surface area (Å²) >= 11 is 0. The van der Waals surface area contributed by atoms with Crippen LogP contribution in [0.5, 0.6) is 11.6 Å². The van der Waals surface area contributed by atoms with Crippen LogP contribution < -0.4 is 10.5 Å². The highest BCUT2D eigenvalue weighted by Gasteiger charge is 2.15. The molecule has 5 heteroatoms. The molecule has 0 saturated carbocycles. The van der Waals surface area contributed by atoms with E-state index < -0.39 is 0 Å².